The van der Waals surface area contributed by atoms with Gasteiger partial charge < -0.3 is 14.2 Å². The zero-order valence-electron chi connectivity index (χ0n) is 11.4. The molecule has 0 atom stereocenters. The maximum Gasteiger partial charge on any atom is 0.238 e. The Morgan fingerprint density at radius 1 is 1.25 bits per heavy atom. The van der Waals surface area contributed by atoms with Crippen molar-refractivity contribution >= 4 is 10.0 Å². The highest BCUT2D eigenvalue weighted by Crippen LogP contribution is 2.26. The molecule has 0 radical (unpaired) electrons. The van der Waals surface area contributed by atoms with Crippen LogP contribution in [0.3, 0.4) is 0 Å². The lowest BCUT2D eigenvalue weighted by atomic mass is 10.3. The predicted octanol–water partition coefficient (Wildman–Crippen LogP) is 1.08. The Balaban J connectivity index is 1.89. The SMILES string of the molecule is CCOc1ccccc1OCCN1CCOCS1(=O)=O. The second-order valence-corrected chi connectivity index (χ2v) is 6.18. The Morgan fingerprint density at radius 3 is 2.60 bits per heavy atom. The molecule has 112 valence electrons. The zero-order chi connectivity index (χ0) is 14.4. The van der Waals surface area contributed by atoms with Crippen LogP contribution in [0.1, 0.15) is 6.92 Å². The van der Waals surface area contributed by atoms with Crippen molar-refractivity contribution in [1.82, 2.24) is 4.31 Å². The summed E-state index contributed by atoms with van der Waals surface area (Å²) in [6, 6.07) is 7.34. The molecule has 1 aliphatic rings. The second-order valence-electron chi connectivity index (χ2n) is 4.27. The lowest BCUT2D eigenvalue weighted by molar-refractivity contribution is 0.126. The van der Waals surface area contributed by atoms with Crippen LogP contribution < -0.4 is 9.47 Å². The Morgan fingerprint density at radius 2 is 1.95 bits per heavy atom. The molecule has 1 fully saturated rings. The van der Waals surface area contributed by atoms with E-state index in [-0.39, 0.29) is 12.5 Å². The normalized spacial score (nSPS) is 18.6. The smallest absolute Gasteiger partial charge is 0.238 e. The molecule has 1 aliphatic heterocycles. The first kappa shape index (κ1) is 15.1. The van der Waals surface area contributed by atoms with Crippen molar-refractivity contribution in [3.8, 4) is 11.5 Å². The minimum atomic E-state index is -3.30. The van der Waals surface area contributed by atoms with Crippen molar-refractivity contribution in [2.24, 2.45) is 0 Å². The van der Waals surface area contributed by atoms with Gasteiger partial charge in [0.1, 0.15) is 6.61 Å². The number of hydrogen-bond acceptors (Lipinski definition) is 5. The summed E-state index contributed by atoms with van der Waals surface area (Å²) in [5, 5.41) is 0. The topological polar surface area (TPSA) is 65.1 Å². The molecule has 1 aromatic rings. The van der Waals surface area contributed by atoms with Gasteiger partial charge in [-0.2, -0.15) is 4.31 Å². The third-order valence-corrected chi connectivity index (χ3v) is 4.47. The molecule has 0 saturated carbocycles. The highest BCUT2D eigenvalue weighted by molar-refractivity contribution is 7.88. The van der Waals surface area contributed by atoms with Gasteiger partial charge in [-0.15, -0.1) is 0 Å². The van der Waals surface area contributed by atoms with E-state index >= 15 is 0 Å². The van der Waals surface area contributed by atoms with E-state index in [4.69, 9.17) is 14.2 Å². The minimum absolute atomic E-state index is 0.247. The van der Waals surface area contributed by atoms with Crippen LogP contribution in [0.2, 0.25) is 0 Å². The van der Waals surface area contributed by atoms with E-state index in [1.54, 1.807) is 6.07 Å². The summed E-state index contributed by atoms with van der Waals surface area (Å²) in [6.07, 6.45) is 0. The van der Waals surface area contributed by atoms with Gasteiger partial charge in [0.25, 0.3) is 0 Å². The Kier molecular flexibility index (Phi) is 5.22. The van der Waals surface area contributed by atoms with Crippen LogP contribution in [-0.4, -0.2) is 51.6 Å². The first-order valence-corrected chi connectivity index (χ1v) is 8.14. The third kappa shape index (κ3) is 3.84. The molecule has 0 unspecified atom stereocenters. The molecule has 0 bridgehead atoms. The van der Waals surface area contributed by atoms with Crippen molar-refractivity contribution < 1.29 is 22.6 Å². The molecule has 1 heterocycles. The van der Waals surface area contributed by atoms with Crippen LogP contribution in [0, 0.1) is 0 Å². The maximum absolute atomic E-state index is 11.7. The van der Waals surface area contributed by atoms with Crippen LogP contribution >= 0.6 is 0 Å². The fraction of sp³-hybridized carbons (Fsp3) is 0.538. The lowest BCUT2D eigenvalue weighted by Gasteiger charge is -2.26. The highest BCUT2D eigenvalue weighted by atomic mass is 32.2. The Bertz CT molecular complexity index is 531. The number of hydrogen-bond donors (Lipinski definition) is 0. The van der Waals surface area contributed by atoms with Crippen molar-refractivity contribution in [1.29, 1.82) is 0 Å². The molecule has 6 nitrogen and oxygen atoms in total. The van der Waals surface area contributed by atoms with E-state index in [9.17, 15) is 8.42 Å². The van der Waals surface area contributed by atoms with Gasteiger partial charge >= 0.3 is 0 Å². The van der Waals surface area contributed by atoms with Crippen LogP contribution in [0.25, 0.3) is 0 Å². The summed E-state index contributed by atoms with van der Waals surface area (Å²) < 4.78 is 40.8. The number of rotatable bonds is 6. The Labute approximate surface area is 119 Å². The molecule has 0 amide bonds. The molecular weight excluding hydrogens is 282 g/mol. The first-order valence-electron chi connectivity index (χ1n) is 6.53. The van der Waals surface area contributed by atoms with Gasteiger partial charge in [0.05, 0.1) is 13.2 Å². The van der Waals surface area contributed by atoms with E-state index in [1.165, 1.54) is 4.31 Å². The molecule has 0 aromatic heterocycles. The van der Waals surface area contributed by atoms with Gasteiger partial charge in [0.2, 0.25) is 10.0 Å². The van der Waals surface area contributed by atoms with Crippen molar-refractivity contribution in [3.63, 3.8) is 0 Å². The standard InChI is InChI=1S/C13H19NO5S/c1-2-18-12-5-3-4-6-13(12)19-10-8-14-7-9-17-11-20(14,15)16/h3-6H,2,7-11H2,1H3. The molecule has 0 N–H and O–H groups in total. The van der Waals surface area contributed by atoms with Crippen LogP contribution in [0.4, 0.5) is 0 Å². The summed E-state index contributed by atoms with van der Waals surface area (Å²) in [7, 11) is -3.30. The van der Waals surface area contributed by atoms with Gasteiger partial charge in [-0.25, -0.2) is 8.42 Å². The van der Waals surface area contributed by atoms with E-state index in [2.05, 4.69) is 0 Å². The fourth-order valence-corrected chi connectivity index (χ4v) is 3.08. The van der Waals surface area contributed by atoms with E-state index in [0.717, 1.165) is 0 Å². The number of ether oxygens (including phenoxy) is 3. The molecule has 20 heavy (non-hydrogen) atoms. The average molecular weight is 301 g/mol. The summed E-state index contributed by atoms with van der Waals surface area (Å²) in [4.78, 5) is 0. The van der Waals surface area contributed by atoms with E-state index < -0.39 is 10.0 Å². The maximum atomic E-state index is 11.7. The summed E-state index contributed by atoms with van der Waals surface area (Å²) in [5.41, 5.74) is 0. The quantitative estimate of drug-likeness (QED) is 0.787. The van der Waals surface area contributed by atoms with Gasteiger partial charge in [0, 0.05) is 13.1 Å². The first-order chi connectivity index (χ1) is 9.63. The monoisotopic (exact) mass is 301 g/mol. The van der Waals surface area contributed by atoms with Crippen LogP contribution in [0.5, 0.6) is 11.5 Å². The highest BCUT2D eigenvalue weighted by Gasteiger charge is 2.26. The largest absolute Gasteiger partial charge is 0.490 e. The fourth-order valence-electron chi connectivity index (χ4n) is 1.90. The lowest BCUT2D eigenvalue weighted by Crippen LogP contribution is -2.43. The zero-order valence-corrected chi connectivity index (χ0v) is 12.3. The van der Waals surface area contributed by atoms with Gasteiger partial charge in [-0.05, 0) is 19.1 Å². The summed E-state index contributed by atoms with van der Waals surface area (Å²) in [6.45, 7) is 3.85. The minimum Gasteiger partial charge on any atom is -0.490 e. The number of benzene rings is 1. The van der Waals surface area contributed by atoms with Gasteiger partial charge in [-0.3, -0.25) is 0 Å². The molecule has 1 aromatic carbocycles. The molecule has 7 heteroatoms. The number of sulfonamides is 1. The van der Waals surface area contributed by atoms with E-state index in [0.29, 0.717) is 37.8 Å². The van der Waals surface area contributed by atoms with Gasteiger partial charge in [0.15, 0.2) is 17.4 Å². The Hall–Kier alpha value is -1.31. The molecular formula is C13H19NO5S. The third-order valence-electron chi connectivity index (χ3n) is 2.86. The number of para-hydroxylation sites is 2. The molecule has 1 saturated heterocycles. The van der Waals surface area contributed by atoms with E-state index in [1.807, 2.05) is 25.1 Å². The van der Waals surface area contributed by atoms with Crippen LogP contribution in [0.15, 0.2) is 24.3 Å². The summed E-state index contributed by atoms with van der Waals surface area (Å²) >= 11 is 0. The van der Waals surface area contributed by atoms with Crippen molar-refractivity contribution in [2.75, 3.05) is 38.8 Å². The molecule has 0 aliphatic carbocycles. The number of nitrogens with zero attached hydrogens (tertiary/aromatic N) is 1. The average Bonchev–Trinajstić information content (AvgIpc) is 2.42. The predicted molar refractivity (Wildman–Crippen MR) is 74.4 cm³/mol. The summed E-state index contributed by atoms with van der Waals surface area (Å²) in [5.74, 6) is 1.04. The molecule has 0 spiro atoms. The molecule has 2 rings (SSSR count). The van der Waals surface area contributed by atoms with Gasteiger partial charge in [-0.1, -0.05) is 12.1 Å². The van der Waals surface area contributed by atoms with Crippen molar-refractivity contribution in [3.05, 3.63) is 24.3 Å². The van der Waals surface area contributed by atoms with Crippen molar-refractivity contribution in [2.45, 2.75) is 6.92 Å². The van der Waals surface area contributed by atoms with Crippen LogP contribution in [-0.2, 0) is 14.8 Å². The second kappa shape index (κ2) is 6.92.